The summed E-state index contributed by atoms with van der Waals surface area (Å²) in [5.74, 6) is -2.96. The van der Waals surface area contributed by atoms with Crippen molar-refractivity contribution in [2.75, 3.05) is 5.32 Å². The lowest BCUT2D eigenvalue weighted by molar-refractivity contribution is -0.144. The van der Waals surface area contributed by atoms with Crippen LogP contribution in [-0.2, 0) is 9.59 Å². The molecule has 0 aromatic heterocycles. The number of carboxylic acid groups (broad SMARTS) is 1. The van der Waals surface area contributed by atoms with Crippen LogP contribution in [0.3, 0.4) is 0 Å². The zero-order valence-electron chi connectivity index (χ0n) is 15.5. The van der Waals surface area contributed by atoms with E-state index in [1.165, 1.54) is 12.1 Å². The SMILES string of the molecule is CC(C)(C)C(=O)C(Cl)(Oc1ccc(Cl)c(C(=O)O)c1)C(=O)Nc1ccccc1. The molecule has 0 aliphatic carbocycles. The summed E-state index contributed by atoms with van der Waals surface area (Å²) in [6.45, 7) is 4.78. The molecule has 1 unspecified atom stereocenters. The fourth-order valence-corrected chi connectivity index (χ4v) is 2.92. The first-order chi connectivity index (χ1) is 12.9. The lowest BCUT2D eigenvalue weighted by Gasteiger charge is -2.31. The van der Waals surface area contributed by atoms with E-state index in [4.69, 9.17) is 27.9 Å². The quantitative estimate of drug-likeness (QED) is 0.522. The maximum atomic E-state index is 12.9. The average molecular weight is 424 g/mol. The van der Waals surface area contributed by atoms with Gasteiger partial charge in [-0.3, -0.25) is 9.59 Å². The predicted molar refractivity (Wildman–Crippen MR) is 107 cm³/mol. The summed E-state index contributed by atoms with van der Waals surface area (Å²) < 4.78 is 5.55. The molecule has 0 radical (unpaired) electrons. The summed E-state index contributed by atoms with van der Waals surface area (Å²) >= 11 is 12.3. The van der Waals surface area contributed by atoms with Gasteiger partial charge in [0.2, 0.25) is 5.78 Å². The highest BCUT2D eigenvalue weighted by Gasteiger charge is 2.51. The van der Waals surface area contributed by atoms with Crippen molar-refractivity contribution < 1.29 is 24.2 Å². The van der Waals surface area contributed by atoms with Crippen LogP contribution in [0.5, 0.6) is 5.75 Å². The molecule has 0 spiro atoms. The molecule has 0 heterocycles. The first-order valence-electron chi connectivity index (χ1n) is 8.27. The molecule has 0 saturated heterocycles. The van der Waals surface area contributed by atoms with Gasteiger partial charge in [0.25, 0.3) is 5.91 Å². The van der Waals surface area contributed by atoms with Crippen LogP contribution in [0.25, 0.3) is 0 Å². The van der Waals surface area contributed by atoms with E-state index in [0.717, 1.165) is 6.07 Å². The molecule has 0 saturated carbocycles. The topological polar surface area (TPSA) is 92.7 Å². The number of ether oxygens (including phenoxy) is 1. The van der Waals surface area contributed by atoms with Gasteiger partial charge in [-0.25, -0.2) is 4.79 Å². The van der Waals surface area contributed by atoms with Crippen LogP contribution in [0.1, 0.15) is 31.1 Å². The van der Waals surface area contributed by atoms with Gasteiger partial charge in [0.1, 0.15) is 5.75 Å². The van der Waals surface area contributed by atoms with E-state index in [9.17, 15) is 19.5 Å². The van der Waals surface area contributed by atoms with E-state index >= 15 is 0 Å². The highest BCUT2D eigenvalue weighted by molar-refractivity contribution is 6.47. The largest absolute Gasteiger partial charge is 0.478 e. The Morgan fingerprint density at radius 3 is 2.18 bits per heavy atom. The van der Waals surface area contributed by atoms with E-state index in [1.807, 2.05) is 0 Å². The maximum Gasteiger partial charge on any atom is 0.337 e. The van der Waals surface area contributed by atoms with Crippen molar-refractivity contribution in [3.05, 3.63) is 59.1 Å². The molecule has 1 atom stereocenters. The summed E-state index contributed by atoms with van der Waals surface area (Å²) in [7, 11) is 0. The molecule has 28 heavy (non-hydrogen) atoms. The number of anilines is 1. The fourth-order valence-electron chi connectivity index (χ4n) is 2.31. The lowest BCUT2D eigenvalue weighted by Crippen LogP contribution is -2.54. The number of benzene rings is 2. The van der Waals surface area contributed by atoms with Gasteiger partial charge in [-0.05, 0) is 30.3 Å². The summed E-state index contributed by atoms with van der Waals surface area (Å²) in [6, 6.07) is 12.1. The number of carbonyl (C=O) groups excluding carboxylic acids is 2. The van der Waals surface area contributed by atoms with E-state index in [2.05, 4.69) is 5.32 Å². The number of aromatic carboxylic acids is 1. The number of ketones is 1. The zero-order valence-corrected chi connectivity index (χ0v) is 17.0. The minimum atomic E-state index is -2.42. The van der Waals surface area contributed by atoms with E-state index in [1.54, 1.807) is 51.1 Å². The lowest BCUT2D eigenvalue weighted by atomic mass is 9.86. The molecular formula is C20H19Cl2NO5. The predicted octanol–water partition coefficient (Wildman–Crippen LogP) is 4.61. The number of alkyl halides is 1. The highest BCUT2D eigenvalue weighted by atomic mass is 35.5. The molecule has 2 N–H and O–H groups in total. The smallest absolute Gasteiger partial charge is 0.337 e. The Kier molecular flexibility index (Phi) is 6.37. The number of carbonyl (C=O) groups is 3. The van der Waals surface area contributed by atoms with Crippen molar-refractivity contribution in [3.8, 4) is 5.75 Å². The second kappa shape index (κ2) is 8.20. The van der Waals surface area contributed by atoms with Crippen molar-refractivity contribution in [2.45, 2.75) is 25.8 Å². The molecule has 8 heteroatoms. The monoisotopic (exact) mass is 423 g/mol. The molecule has 1 amide bonds. The Morgan fingerprint density at radius 1 is 1.04 bits per heavy atom. The van der Waals surface area contributed by atoms with Crippen molar-refractivity contribution >= 4 is 46.5 Å². The molecule has 0 bridgehead atoms. The molecule has 2 aromatic carbocycles. The third kappa shape index (κ3) is 4.82. The minimum Gasteiger partial charge on any atom is -0.478 e. The minimum absolute atomic E-state index is 0.0177. The Balaban J connectivity index is 2.44. The van der Waals surface area contributed by atoms with Gasteiger partial charge in [0.05, 0.1) is 10.6 Å². The van der Waals surface area contributed by atoms with Crippen molar-refractivity contribution in [1.29, 1.82) is 0 Å². The second-order valence-corrected chi connectivity index (χ2v) is 7.98. The van der Waals surface area contributed by atoms with Crippen LogP contribution < -0.4 is 10.1 Å². The molecule has 0 fully saturated rings. The number of Topliss-reactive ketones (excluding diaryl/α,β-unsaturated/α-hetero) is 1. The Bertz CT molecular complexity index is 909. The van der Waals surface area contributed by atoms with Crippen LogP contribution in [0.15, 0.2) is 48.5 Å². The summed E-state index contributed by atoms with van der Waals surface area (Å²) in [5.41, 5.74) is -0.840. The van der Waals surface area contributed by atoms with Gasteiger partial charge in [0, 0.05) is 11.1 Å². The standard InChI is InChI=1S/C20H19Cl2NO5/c1-19(2,3)17(26)20(22,18(27)23-12-7-5-4-6-8-12)28-13-9-10-15(21)14(11-13)16(24)25/h4-11H,1-3H3,(H,23,27)(H,24,25). The number of halogens is 2. The van der Waals surface area contributed by atoms with Crippen LogP contribution >= 0.6 is 23.2 Å². The molecule has 148 valence electrons. The summed E-state index contributed by atoms with van der Waals surface area (Å²) in [4.78, 5) is 37.1. The van der Waals surface area contributed by atoms with Crippen LogP contribution in [0, 0.1) is 5.41 Å². The van der Waals surface area contributed by atoms with Crippen molar-refractivity contribution in [2.24, 2.45) is 5.41 Å². The van der Waals surface area contributed by atoms with E-state index in [0.29, 0.717) is 5.69 Å². The van der Waals surface area contributed by atoms with Crippen LogP contribution in [-0.4, -0.2) is 27.8 Å². The molecule has 2 aromatic rings. The van der Waals surface area contributed by atoms with E-state index < -0.39 is 28.1 Å². The molecule has 2 rings (SSSR count). The number of nitrogens with one attached hydrogen (secondary N) is 1. The third-order valence-electron chi connectivity index (χ3n) is 3.72. The van der Waals surface area contributed by atoms with Gasteiger partial charge in [-0.1, -0.05) is 62.2 Å². The third-order valence-corrected chi connectivity index (χ3v) is 4.47. The number of hydrogen-bond acceptors (Lipinski definition) is 4. The van der Waals surface area contributed by atoms with Gasteiger partial charge in [-0.15, -0.1) is 0 Å². The second-order valence-electron chi connectivity index (χ2n) is 7.04. The van der Waals surface area contributed by atoms with Gasteiger partial charge >= 0.3 is 11.0 Å². The summed E-state index contributed by atoms with van der Waals surface area (Å²) in [5, 5.41) is 9.32. The molecule has 0 aliphatic heterocycles. The van der Waals surface area contributed by atoms with Gasteiger partial charge < -0.3 is 15.2 Å². The van der Waals surface area contributed by atoms with Crippen LogP contribution in [0.2, 0.25) is 5.02 Å². The van der Waals surface area contributed by atoms with Crippen molar-refractivity contribution in [1.82, 2.24) is 0 Å². The highest BCUT2D eigenvalue weighted by Crippen LogP contribution is 2.34. The number of carboxylic acids is 1. The maximum absolute atomic E-state index is 12.9. The number of rotatable bonds is 6. The first-order valence-corrected chi connectivity index (χ1v) is 9.03. The average Bonchev–Trinajstić information content (AvgIpc) is 2.62. The van der Waals surface area contributed by atoms with Crippen molar-refractivity contribution in [3.63, 3.8) is 0 Å². The molecular weight excluding hydrogens is 405 g/mol. The normalized spacial score (nSPS) is 13.3. The number of para-hydroxylation sites is 1. The Hall–Kier alpha value is -2.57. The number of amides is 1. The van der Waals surface area contributed by atoms with Gasteiger partial charge in [-0.2, -0.15) is 0 Å². The fraction of sp³-hybridized carbons (Fsp3) is 0.250. The van der Waals surface area contributed by atoms with Crippen LogP contribution in [0.4, 0.5) is 5.69 Å². The zero-order chi connectivity index (χ0) is 21.1. The van der Waals surface area contributed by atoms with Gasteiger partial charge in [0.15, 0.2) is 0 Å². The molecule has 6 nitrogen and oxygen atoms in total. The Morgan fingerprint density at radius 2 is 1.64 bits per heavy atom. The summed E-state index contributed by atoms with van der Waals surface area (Å²) in [6.07, 6.45) is 0. The van der Waals surface area contributed by atoms with E-state index in [-0.39, 0.29) is 16.3 Å². The first kappa shape index (κ1) is 21.7. The molecule has 0 aliphatic rings. The number of hydrogen-bond donors (Lipinski definition) is 2. The Labute approximate surface area is 172 Å².